The van der Waals surface area contributed by atoms with E-state index in [-0.39, 0.29) is 30.7 Å². The van der Waals surface area contributed by atoms with Gasteiger partial charge in [-0.05, 0) is 13.3 Å². The molecule has 0 saturated carbocycles. The topological polar surface area (TPSA) is 63.7 Å². The van der Waals surface area contributed by atoms with Gasteiger partial charge in [0.05, 0.1) is 30.7 Å². The maximum atomic E-state index is 11.5. The summed E-state index contributed by atoms with van der Waals surface area (Å²) in [6.07, 6.45) is 5.04. The van der Waals surface area contributed by atoms with Crippen molar-refractivity contribution < 1.29 is 17.9 Å². The minimum atomic E-state index is -3.03. The molecule has 0 N–H and O–H groups in total. The molecule has 1 aliphatic rings. The minimum absolute atomic E-state index is 0.0203. The molecule has 0 aromatic rings. The Morgan fingerprint density at radius 1 is 1.62 bits per heavy atom. The number of carbonyl (C=O) groups is 1. The minimum Gasteiger partial charge on any atom is -0.450 e. The maximum absolute atomic E-state index is 11.5. The van der Waals surface area contributed by atoms with Gasteiger partial charge in [-0.1, -0.05) is 5.92 Å². The van der Waals surface area contributed by atoms with Crippen LogP contribution in [0, 0.1) is 12.3 Å². The first-order chi connectivity index (χ1) is 7.50. The van der Waals surface area contributed by atoms with Crippen molar-refractivity contribution in [1.82, 2.24) is 4.90 Å². The molecule has 1 unspecified atom stereocenters. The molecule has 0 aliphatic carbocycles. The Balaban J connectivity index is 2.72. The fourth-order valence-electron chi connectivity index (χ4n) is 1.67. The van der Waals surface area contributed by atoms with E-state index in [9.17, 15) is 13.2 Å². The highest BCUT2D eigenvalue weighted by Gasteiger charge is 2.34. The Morgan fingerprint density at radius 3 is 2.75 bits per heavy atom. The van der Waals surface area contributed by atoms with E-state index in [1.54, 1.807) is 6.92 Å². The number of ether oxygens (including phenoxy) is 1. The number of carbonyl (C=O) groups excluding carboxylic acids is 1. The van der Waals surface area contributed by atoms with Crippen molar-refractivity contribution in [2.45, 2.75) is 19.4 Å². The number of hydrogen-bond acceptors (Lipinski definition) is 4. The first-order valence-corrected chi connectivity index (χ1v) is 6.89. The zero-order valence-electron chi connectivity index (χ0n) is 9.18. The first kappa shape index (κ1) is 12.8. The normalized spacial score (nSPS) is 22.4. The smallest absolute Gasteiger partial charge is 0.410 e. The van der Waals surface area contributed by atoms with E-state index in [4.69, 9.17) is 11.2 Å². The first-order valence-electron chi connectivity index (χ1n) is 5.07. The molecule has 1 fully saturated rings. The van der Waals surface area contributed by atoms with Gasteiger partial charge in [0.25, 0.3) is 0 Å². The summed E-state index contributed by atoms with van der Waals surface area (Å²) in [4.78, 5) is 12.9. The molecule has 1 atom stereocenters. The largest absolute Gasteiger partial charge is 0.450 e. The van der Waals surface area contributed by atoms with Gasteiger partial charge < -0.3 is 4.74 Å². The Morgan fingerprint density at radius 2 is 2.31 bits per heavy atom. The van der Waals surface area contributed by atoms with E-state index >= 15 is 0 Å². The Bertz CT molecular complexity index is 396. The third kappa shape index (κ3) is 3.14. The third-order valence-electron chi connectivity index (χ3n) is 2.41. The van der Waals surface area contributed by atoms with Crippen LogP contribution in [-0.4, -0.2) is 50.1 Å². The molecule has 1 aliphatic heterocycles. The molecular weight excluding hydrogens is 230 g/mol. The molecule has 0 bridgehead atoms. The van der Waals surface area contributed by atoms with E-state index in [1.165, 1.54) is 4.90 Å². The van der Waals surface area contributed by atoms with Crippen LogP contribution >= 0.6 is 0 Å². The van der Waals surface area contributed by atoms with Crippen molar-refractivity contribution in [3.05, 3.63) is 0 Å². The van der Waals surface area contributed by atoms with Crippen LogP contribution in [0.4, 0.5) is 4.79 Å². The van der Waals surface area contributed by atoms with Crippen LogP contribution in [0.2, 0.25) is 0 Å². The molecule has 1 heterocycles. The Hall–Kier alpha value is -1.22. The van der Waals surface area contributed by atoms with Crippen LogP contribution in [-0.2, 0) is 14.6 Å². The highest BCUT2D eigenvalue weighted by molar-refractivity contribution is 7.91. The molecule has 0 spiro atoms. The number of amides is 1. The van der Waals surface area contributed by atoms with Crippen molar-refractivity contribution in [2.75, 3.05) is 24.7 Å². The maximum Gasteiger partial charge on any atom is 0.410 e. The molecule has 0 aromatic heterocycles. The van der Waals surface area contributed by atoms with Crippen molar-refractivity contribution in [1.29, 1.82) is 0 Å². The molecule has 1 rings (SSSR count). The fraction of sp³-hybridized carbons (Fsp3) is 0.700. The van der Waals surface area contributed by atoms with Crippen molar-refractivity contribution in [2.24, 2.45) is 0 Å². The highest BCUT2D eigenvalue weighted by atomic mass is 32.2. The summed E-state index contributed by atoms with van der Waals surface area (Å²) < 4.78 is 27.4. The van der Waals surface area contributed by atoms with Crippen LogP contribution in [0.1, 0.15) is 13.3 Å². The van der Waals surface area contributed by atoms with Gasteiger partial charge in [-0.25, -0.2) is 13.2 Å². The molecule has 5 nitrogen and oxygen atoms in total. The average molecular weight is 245 g/mol. The molecule has 6 heteroatoms. The molecule has 0 radical (unpaired) electrons. The predicted octanol–water partition coefficient (Wildman–Crippen LogP) is 0.265. The van der Waals surface area contributed by atoms with Crippen molar-refractivity contribution in [3.8, 4) is 12.3 Å². The summed E-state index contributed by atoms with van der Waals surface area (Å²) in [5.74, 6) is 2.43. The van der Waals surface area contributed by atoms with Gasteiger partial charge >= 0.3 is 6.09 Å². The van der Waals surface area contributed by atoms with Crippen molar-refractivity contribution >= 4 is 15.9 Å². The van der Waals surface area contributed by atoms with E-state index < -0.39 is 15.9 Å². The van der Waals surface area contributed by atoms with E-state index in [2.05, 4.69) is 5.92 Å². The zero-order chi connectivity index (χ0) is 12.2. The molecule has 1 saturated heterocycles. The highest BCUT2D eigenvalue weighted by Crippen LogP contribution is 2.18. The second-order valence-corrected chi connectivity index (χ2v) is 5.82. The quantitative estimate of drug-likeness (QED) is 0.669. The molecule has 16 heavy (non-hydrogen) atoms. The van der Waals surface area contributed by atoms with Crippen LogP contribution in [0.25, 0.3) is 0 Å². The summed E-state index contributed by atoms with van der Waals surface area (Å²) >= 11 is 0. The van der Waals surface area contributed by atoms with E-state index in [1.807, 2.05) is 0 Å². The summed E-state index contributed by atoms with van der Waals surface area (Å²) in [7, 11) is -3.03. The van der Waals surface area contributed by atoms with Crippen LogP contribution < -0.4 is 0 Å². The summed E-state index contributed by atoms with van der Waals surface area (Å²) in [6.45, 7) is 2.02. The van der Waals surface area contributed by atoms with Gasteiger partial charge in [-0.15, -0.1) is 6.42 Å². The zero-order valence-corrected chi connectivity index (χ0v) is 10.00. The molecule has 1 amide bonds. The molecule has 0 aromatic carbocycles. The lowest BCUT2D eigenvalue weighted by molar-refractivity contribution is 0.100. The Labute approximate surface area is 95.7 Å². The number of rotatable bonds is 3. The van der Waals surface area contributed by atoms with E-state index in [0.717, 1.165) is 0 Å². The number of terminal acetylenes is 1. The van der Waals surface area contributed by atoms with E-state index in [0.29, 0.717) is 6.42 Å². The van der Waals surface area contributed by atoms with Crippen LogP contribution in [0.3, 0.4) is 0 Å². The van der Waals surface area contributed by atoms with Crippen LogP contribution in [0.15, 0.2) is 0 Å². The van der Waals surface area contributed by atoms with Gasteiger partial charge in [0, 0.05) is 0 Å². The third-order valence-corrected chi connectivity index (χ3v) is 4.16. The Kier molecular flexibility index (Phi) is 4.19. The van der Waals surface area contributed by atoms with Crippen molar-refractivity contribution in [3.63, 3.8) is 0 Å². The summed E-state index contributed by atoms with van der Waals surface area (Å²) in [5, 5.41) is 0. The predicted molar refractivity (Wildman–Crippen MR) is 59.6 cm³/mol. The van der Waals surface area contributed by atoms with Gasteiger partial charge in [0.1, 0.15) is 0 Å². The number of hydrogen-bond donors (Lipinski definition) is 0. The van der Waals surface area contributed by atoms with Gasteiger partial charge in [0.2, 0.25) is 0 Å². The second kappa shape index (κ2) is 5.21. The molecular formula is C10H15NO4S. The number of nitrogens with zero attached hydrogens (tertiary/aromatic N) is 1. The van der Waals surface area contributed by atoms with Gasteiger partial charge in [-0.3, -0.25) is 4.90 Å². The lowest BCUT2D eigenvalue weighted by Gasteiger charge is -2.24. The average Bonchev–Trinajstić information content (AvgIpc) is 2.55. The number of sulfone groups is 1. The second-order valence-electron chi connectivity index (χ2n) is 3.59. The van der Waals surface area contributed by atoms with Gasteiger partial charge in [0.15, 0.2) is 9.84 Å². The molecule has 90 valence electrons. The van der Waals surface area contributed by atoms with Gasteiger partial charge in [-0.2, -0.15) is 0 Å². The SMILES string of the molecule is C#CCN(C(=O)OCC)C1CCS(=O)(=O)C1. The lowest BCUT2D eigenvalue weighted by atomic mass is 10.2. The standard InChI is InChI=1S/C10H15NO4S/c1-3-6-11(10(12)15-4-2)9-5-7-16(13,14)8-9/h1,9H,4-8H2,2H3. The summed E-state index contributed by atoms with van der Waals surface area (Å²) in [6, 6.07) is -0.347. The summed E-state index contributed by atoms with van der Waals surface area (Å²) in [5.41, 5.74) is 0. The van der Waals surface area contributed by atoms with Crippen LogP contribution in [0.5, 0.6) is 0 Å². The lowest BCUT2D eigenvalue weighted by Crippen LogP contribution is -2.41. The fourth-order valence-corrected chi connectivity index (χ4v) is 3.40. The monoisotopic (exact) mass is 245 g/mol.